The quantitative estimate of drug-likeness (QED) is 0.733. The average Bonchev–Trinajstić information content (AvgIpc) is 2.77. The fraction of sp³-hybridized carbons (Fsp3) is 0.500. The number of para-hydroxylation sites is 1. The van der Waals surface area contributed by atoms with E-state index in [0.29, 0.717) is 12.8 Å². The molecule has 0 saturated heterocycles. The molecule has 2 rings (SSSR count). The molecule has 1 aromatic carbocycles. The molecule has 0 bridgehead atoms. The van der Waals surface area contributed by atoms with Gasteiger partial charge < -0.3 is 20.3 Å². The molecule has 1 aliphatic rings. The first-order chi connectivity index (χ1) is 9.60. The van der Waals surface area contributed by atoms with Crippen molar-refractivity contribution in [2.24, 2.45) is 5.92 Å². The largest absolute Gasteiger partial charge is 0.481 e. The van der Waals surface area contributed by atoms with E-state index in [4.69, 9.17) is 9.84 Å². The molecule has 0 radical (unpaired) electrons. The Morgan fingerprint density at radius 3 is 2.80 bits per heavy atom. The van der Waals surface area contributed by atoms with E-state index in [-0.39, 0.29) is 36.8 Å². The Balaban J connectivity index is 1.78. The summed E-state index contributed by atoms with van der Waals surface area (Å²) in [6.45, 7) is -0.378. The highest BCUT2D eigenvalue weighted by molar-refractivity contribution is 5.77. The lowest BCUT2D eigenvalue weighted by molar-refractivity contribution is -0.123. The smallest absolute Gasteiger partial charge is 0.258 e. The number of rotatable bonds is 5. The van der Waals surface area contributed by atoms with Gasteiger partial charge in [-0.3, -0.25) is 4.79 Å². The van der Waals surface area contributed by atoms with Crippen molar-refractivity contribution in [2.75, 3.05) is 13.2 Å². The highest BCUT2D eigenvalue weighted by Crippen LogP contribution is 2.25. The van der Waals surface area contributed by atoms with Crippen LogP contribution in [0.2, 0.25) is 0 Å². The maximum absolute atomic E-state index is 13.3. The molecule has 5 nitrogen and oxygen atoms in total. The van der Waals surface area contributed by atoms with Crippen molar-refractivity contribution in [1.29, 1.82) is 0 Å². The average molecular weight is 283 g/mol. The van der Waals surface area contributed by atoms with Crippen LogP contribution in [0.4, 0.5) is 4.39 Å². The van der Waals surface area contributed by atoms with Gasteiger partial charge in [0.1, 0.15) is 0 Å². The van der Waals surface area contributed by atoms with Crippen LogP contribution in [0.3, 0.4) is 0 Å². The summed E-state index contributed by atoms with van der Waals surface area (Å²) < 4.78 is 18.4. The second-order valence-corrected chi connectivity index (χ2v) is 4.96. The third-order valence-corrected chi connectivity index (χ3v) is 3.45. The molecule has 20 heavy (non-hydrogen) atoms. The number of benzene rings is 1. The number of carbonyl (C=O) groups excluding carboxylic acids is 1. The number of halogens is 1. The standard InChI is InChI=1S/C14H18FNO4/c15-11-3-1-2-4-13(11)20-8-14(19)16-10-5-9(7-17)12(18)6-10/h1-4,9-10,12,17-18H,5-8H2,(H,16,19)/t9-,10+,12+/m0/s1. The second kappa shape index (κ2) is 6.67. The van der Waals surface area contributed by atoms with Crippen LogP contribution in [0.25, 0.3) is 0 Å². The minimum absolute atomic E-state index is 0.0299. The van der Waals surface area contributed by atoms with E-state index in [9.17, 15) is 14.3 Å². The summed E-state index contributed by atoms with van der Waals surface area (Å²) in [6.07, 6.45) is 0.345. The SMILES string of the molecule is O=C(COc1ccccc1F)N[C@@H]1C[C@@H](CO)[C@H](O)C1. The van der Waals surface area contributed by atoms with E-state index in [1.165, 1.54) is 18.2 Å². The topological polar surface area (TPSA) is 78.8 Å². The highest BCUT2D eigenvalue weighted by atomic mass is 19.1. The summed E-state index contributed by atoms with van der Waals surface area (Å²) in [5, 5.41) is 21.4. The zero-order chi connectivity index (χ0) is 14.5. The molecule has 0 aliphatic heterocycles. The monoisotopic (exact) mass is 283 g/mol. The number of amides is 1. The molecule has 3 atom stereocenters. The fourth-order valence-corrected chi connectivity index (χ4v) is 2.39. The van der Waals surface area contributed by atoms with Crippen molar-refractivity contribution in [1.82, 2.24) is 5.32 Å². The van der Waals surface area contributed by atoms with Crippen molar-refractivity contribution in [3.8, 4) is 5.75 Å². The highest BCUT2D eigenvalue weighted by Gasteiger charge is 2.33. The molecule has 1 amide bonds. The number of ether oxygens (including phenoxy) is 1. The van der Waals surface area contributed by atoms with Crippen LogP contribution in [-0.2, 0) is 4.79 Å². The molecule has 0 aromatic heterocycles. The maximum Gasteiger partial charge on any atom is 0.258 e. The summed E-state index contributed by atoms with van der Waals surface area (Å²) in [5.74, 6) is -1.06. The zero-order valence-corrected chi connectivity index (χ0v) is 11.0. The number of hydrogen-bond acceptors (Lipinski definition) is 4. The molecular formula is C14H18FNO4. The van der Waals surface area contributed by atoms with Gasteiger partial charge in [-0.05, 0) is 25.0 Å². The minimum atomic E-state index is -0.599. The van der Waals surface area contributed by atoms with Gasteiger partial charge in [0.15, 0.2) is 18.2 Å². The lowest BCUT2D eigenvalue weighted by Crippen LogP contribution is -2.36. The lowest BCUT2D eigenvalue weighted by Gasteiger charge is -2.13. The van der Waals surface area contributed by atoms with Gasteiger partial charge in [-0.25, -0.2) is 4.39 Å². The van der Waals surface area contributed by atoms with E-state index in [1.807, 2.05) is 0 Å². The minimum Gasteiger partial charge on any atom is -0.481 e. The van der Waals surface area contributed by atoms with Crippen LogP contribution in [0, 0.1) is 11.7 Å². The summed E-state index contributed by atoms with van der Waals surface area (Å²) >= 11 is 0. The second-order valence-electron chi connectivity index (χ2n) is 4.96. The van der Waals surface area contributed by atoms with Gasteiger partial charge in [-0.15, -0.1) is 0 Å². The van der Waals surface area contributed by atoms with Crippen LogP contribution in [0.5, 0.6) is 5.75 Å². The molecule has 0 spiro atoms. The Kier molecular flexibility index (Phi) is 4.92. The Bertz CT molecular complexity index is 468. The van der Waals surface area contributed by atoms with Gasteiger partial charge >= 0.3 is 0 Å². The van der Waals surface area contributed by atoms with Crippen molar-refractivity contribution < 1.29 is 24.1 Å². The maximum atomic E-state index is 13.3. The number of nitrogens with one attached hydrogen (secondary N) is 1. The third-order valence-electron chi connectivity index (χ3n) is 3.45. The zero-order valence-electron chi connectivity index (χ0n) is 11.0. The molecule has 1 saturated carbocycles. The predicted molar refractivity (Wildman–Crippen MR) is 69.6 cm³/mol. The van der Waals surface area contributed by atoms with Gasteiger partial charge in [0.05, 0.1) is 6.10 Å². The fourth-order valence-electron chi connectivity index (χ4n) is 2.39. The molecule has 1 aromatic rings. The summed E-state index contributed by atoms with van der Waals surface area (Å²) in [5.41, 5.74) is 0. The summed E-state index contributed by atoms with van der Waals surface area (Å²) in [7, 11) is 0. The van der Waals surface area contributed by atoms with Crippen LogP contribution in [0.1, 0.15) is 12.8 Å². The molecule has 3 N–H and O–H groups in total. The Hall–Kier alpha value is -1.66. The van der Waals surface area contributed by atoms with E-state index in [2.05, 4.69) is 5.32 Å². The first-order valence-corrected chi connectivity index (χ1v) is 6.55. The van der Waals surface area contributed by atoms with Crippen molar-refractivity contribution in [2.45, 2.75) is 25.0 Å². The van der Waals surface area contributed by atoms with E-state index < -0.39 is 11.9 Å². The van der Waals surface area contributed by atoms with Crippen molar-refractivity contribution >= 4 is 5.91 Å². The van der Waals surface area contributed by atoms with Crippen LogP contribution >= 0.6 is 0 Å². The molecule has 0 unspecified atom stereocenters. The number of aliphatic hydroxyl groups is 2. The number of hydrogen-bond donors (Lipinski definition) is 3. The molecule has 6 heteroatoms. The molecule has 0 heterocycles. The Morgan fingerprint density at radius 1 is 1.40 bits per heavy atom. The van der Waals surface area contributed by atoms with Gasteiger partial charge in [0.25, 0.3) is 5.91 Å². The molecule has 1 aliphatic carbocycles. The van der Waals surface area contributed by atoms with E-state index in [1.54, 1.807) is 6.07 Å². The van der Waals surface area contributed by atoms with Gasteiger partial charge in [-0.1, -0.05) is 12.1 Å². The predicted octanol–water partition coefficient (Wildman–Crippen LogP) is 0.452. The summed E-state index contributed by atoms with van der Waals surface area (Å²) in [4.78, 5) is 11.7. The van der Waals surface area contributed by atoms with Gasteiger partial charge in [0, 0.05) is 18.6 Å². The van der Waals surface area contributed by atoms with Crippen molar-refractivity contribution in [3.05, 3.63) is 30.1 Å². The summed E-state index contributed by atoms with van der Waals surface area (Å²) in [6, 6.07) is 5.68. The van der Waals surface area contributed by atoms with Crippen LogP contribution in [0.15, 0.2) is 24.3 Å². The molecular weight excluding hydrogens is 265 g/mol. The van der Waals surface area contributed by atoms with Gasteiger partial charge in [-0.2, -0.15) is 0 Å². The van der Waals surface area contributed by atoms with E-state index >= 15 is 0 Å². The first kappa shape index (κ1) is 14.7. The normalized spacial score (nSPS) is 25.4. The first-order valence-electron chi connectivity index (χ1n) is 6.55. The Labute approximate surface area is 116 Å². The third kappa shape index (κ3) is 3.68. The molecule has 1 fully saturated rings. The van der Waals surface area contributed by atoms with E-state index in [0.717, 1.165) is 0 Å². The van der Waals surface area contributed by atoms with Crippen LogP contribution < -0.4 is 10.1 Å². The Morgan fingerprint density at radius 2 is 2.15 bits per heavy atom. The van der Waals surface area contributed by atoms with Crippen LogP contribution in [-0.4, -0.2) is 41.5 Å². The van der Waals surface area contributed by atoms with Gasteiger partial charge in [0.2, 0.25) is 0 Å². The number of aliphatic hydroxyl groups excluding tert-OH is 2. The van der Waals surface area contributed by atoms with Crippen molar-refractivity contribution in [3.63, 3.8) is 0 Å². The molecule has 110 valence electrons. The lowest BCUT2D eigenvalue weighted by atomic mass is 10.1. The number of carbonyl (C=O) groups is 1.